The Morgan fingerprint density at radius 3 is 2.61 bits per heavy atom. The molecule has 0 aliphatic carbocycles. The second kappa shape index (κ2) is 7.99. The quantitative estimate of drug-likeness (QED) is 0.525. The minimum absolute atomic E-state index is 0.0596. The van der Waals surface area contributed by atoms with Crippen molar-refractivity contribution in [2.24, 2.45) is 0 Å². The number of halogens is 1. The van der Waals surface area contributed by atoms with E-state index in [1.165, 1.54) is 15.5 Å². The van der Waals surface area contributed by atoms with Crippen LogP contribution in [0.1, 0.15) is 5.56 Å². The van der Waals surface area contributed by atoms with Crippen LogP contribution in [0, 0.1) is 11.3 Å². The van der Waals surface area contributed by atoms with Crippen molar-refractivity contribution in [3.05, 3.63) is 70.9 Å². The van der Waals surface area contributed by atoms with Crippen molar-refractivity contribution < 1.29 is 14.7 Å². The number of nitrogens with zero attached hydrogens (tertiary/aromatic N) is 3. The van der Waals surface area contributed by atoms with Gasteiger partial charge in [-0.25, -0.2) is 0 Å². The number of hydrogen-bond acceptors (Lipinski definition) is 3. The molecule has 0 aliphatic heterocycles. The van der Waals surface area contributed by atoms with Crippen molar-refractivity contribution in [2.45, 2.75) is 6.54 Å². The van der Waals surface area contributed by atoms with Gasteiger partial charge in [-0.2, -0.15) is 5.26 Å². The number of carboxylic acids is 1. The zero-order valence-corrected chi connectivity index (χ0v) is 15.7. The molecule has 3 rings (SSSR count). The van der Waals surface area contributed by atoms with Gasteiger partial charge in [-0.3, -0.25) is 9.59 Å². The monoisotopic (exact) mass is 393 g/mol. The third kappa shape index (κ3) is 3.90. The van der Waals surface area contributed by atoms with Gasteiger partial charge in [-0.1, -0.05) is 35.9 Å². The molecule has 7 heteroatoms. The number of carboxylic acid groups (broad SMARTS) is 1. The first-order chi connectivity index (χ1) is 13.4. The zero-order valence-electron chi connectivity index (χ0n) is 15.0. The molecule has 0 atom stereocenters. The number of hydrogen-bond donors (Lipinski definition) is 1. The fourth-order valence-corrected chi connectivity index (χ4v) is 3.10. The van der Waals surface area contributed by atoms with E-state index in [1.807, 2.05) is 12.1 Å². The second-order valence-corrected chi connectivity index (χ2v) is 6.57. The Balaban J connectivity index is 2.05. The smallest absolute Gasteiger partial charge is 0.323 e. The van der Waals surface area contributed by atoms with Gasteiger partial charge >= 0.3 is 5.97 Å². The molecule has 2 aromatic carbocycles. The summed E-state index contributed by atoms with van der Waals surface area (Å²) in [6, 6.07) is 16.0. The van der Waals surface area contributed by atoms with Crippen LogP contribution in [0.25, 0.3) is 17.0 Å². The fourth-order valence-electron chi connectivity index (χ4n) is 2.93. The molecule has 0 radical (unpaired) electrons. The molecule has 0 spiro atoms. The lowest BCUT2D eigenvalue weighted by molar-refractivity contribution is -0.137. The number of aromatic nitrogens is 1. The summed E-state index contributed by atoms with van der Waals surface area (Å²) in [5, 5.41) is 19.8. The summed E-state index contributed by atoms with van der Waals surface area (Å²) in [4.78, 5) is 25.3. The number of anilines is 1. The number of rotatable bonds is 5. The van der Waals surface area contributed by atoms with Gasteiger partial charge in [0.2, 0.25) is 0 Å². The molecule has 0 unspecified atom stereocenters. The van der Waals surface area contributed by atoms with Crippen LogP contribution in [0.2, 0.25) is 5.02 Å². The molecule has 0 saturated heterocycles. The van der Waals surface area contributed by atoms with E-state index in [1.54, 1.807) is 55.7 Å². The summed E-state index contributed by atoms with van der Waals surface area (Å²) in [6.07, 6.45) is 3.07. The number of likely N-dealkylation sites (N-methyl/N-ethyl adjacent to an activating group) is 1. The molecule has 1 N–H and O–H groups in total. The lowest BCUT2D eigenvalue weighted by Gasteiger charge is -2.16. The molecule has 6 nitrogen and oxygen atoms in total. The van der Waals surface area contributed by atoms with Crippen molar-refractivity contribution in [3.8, 4) is 6.07 Å². The van der Waals surface area contributed by atoms with Gasteiger partial charge < -0.3 is 14.6 Å². The minimum Gasteiger partial charge on any atom is -0.480 e. The van der Waals surface area contributed by atoms with Crippen molar-refractivity contribution in [2.75, 3.05) is 11.9 Å². The summed E-state index contributed by atoms with van der Waals surface area (Å²) in [5.41, 5.74) is 1.78. The molecule has 0 fully saturated rings. The average molecular weight is 394 g/mol. The molecule has 0 bridgehead atoms. The standard InChI is InChI=1S/C21H16ClN3O3/c1-24(17-5-3-2-4-6-17)21(28)14(11-23)9-15-12-25(13-20(26)27)19-10-16(22)7-8-18(15)19/h2-10,12H,13H2,1H3,(H,26,27)/b14-9+. The van der Waals surface area contributed by atoms with Crippen LogP contribution >= 0.6 is 11.6 Å². The van der Waals surface area contributed by atoms with Crippen molar-refractivity contribution in [3.63, 3.8) is 0 Å². The van der Waals surface area contributed by atoms with Gasteiger partial charge in [-0.05, 0) is 30.3 Å². The lowest BCUT2D eigenvalue weighted by atomic mass is 10.1. The number of carbonyl (C=O) groups is 2. The van der Waals surface area contributed by atoms with E-state index in [4.69, 9.17) is 16.7 Å². The maximum Gasteiger partial charge on any atom is 0.323 e. The van der Waals surface area contributed by atoms with E-state index in [9.17, 15) is 14.9 Å². The van der Waals surface area contributed by atoms with Gasteiger partial charge in [-0.15, -0.1) is 0 Å². The highest BCUT2D eigenvalue weighted by atomic mass is 35.5. The van der Waals surface area contributed by atoms with E-state index in [2.05, 4.69) is 0 Å². The van der Waals surface area contributed by atoms with Crippen LogP contribution in [-0.2, 0) is 16.1 Å². The van der Waals surface area contributed by atoms with Gasteiger partial charge in [0.25, 0.3) is 5.91 Å². The van der Waals surface area contributed by atoms with Crippen LogP contribution in [-0.4, -0.2) is 28.6 Å². The average Bonchev–Trinajstić information content (AvgIpc) is 3.01. The highest BCUT2D eigenvalue weighted by molar-refractivity contribution is 6.31. The molecule has 0 saturated carbocycles. The van der Waals surface area contributed by atoms with Crippen LogP contribution in [0.3, 0.4) is 0 Å². The topological polar surface area (TPSA) is 86.3 Å². The number of fused-ring (bicyclic) bond motifs is 1. The number of para-hydroxylation sites is 1. The fraction of sp³-hybridized carbons (Fsp3) is 0.0952. The first-order valence-corrected chi connectivity index (χ1v) is 8.73. The van der Waals surface area contributed by atoms with E-state index < -0.39 is 11.9 Å². The van der Waals surface area contributed by atoms with Crippen molar-refractivity contribution in [1.29, 1.82) is 5.26 Å². The normalized spacial score (nSPS) is 11.2. The predicted octanol–water partition coefficient (Wildman–Crippen LogP) is 3.95. The van der Waals surface area contributed by atoms with Gasteiger partial charge in [0.05, 0.1) is 5.52 Å². The first kappa shape index (κ1) is 19.2. The van der Waals surface area contributed by atoms with E-state index in [0.29, 0.717) is 27.2 Å². The number of carbonyl (C=O) groups excluding carboxylic acids is 1. The summed E-state index contributed by atoms with van der Waals surface area (Å²) < 4.78 is 1.52. The largest absolute Gasteiger partial charge is 0.480 e. The first-order valence-electron chi connectivity index (χ1n) is 8.36. The van der Waals surface area contributed by atoms with Crippen molar-refractivity contribution in [1.82, 2.24) is 4.57 Å². The summed E-state index contributed by atoms with van der Waals surface area (Å²) in [6.45, 7) is -0.259. The summed E-state index contributed by atoms with van der Waals surface area (Å²) in [5.74, 6) is -1.46. The molecule has 1 amide bonds. The number of nitriles is 1. The number of benzene rings is 2. The van der Waals surface area contributed by atoms with Crippen LogP contribution in [0.5, 0.6) is 0 Å². The predicted molar refractivity (Wildman–Crippen MR) is 108 cm³/mol. The third-order valence-corrected chi connectivity index (χ3v) is 4.51. The second-order valence-electron chi connectivity index (χ2n) is 6.14. The summed E-state index contributed by atoms with van der Waals surface area (Å²) in [7, 11) is 1.59. The Labute approximate surface area is 166 Å². The van der Waals surface area contributed by atoms with Crippen molar-refractivity contribution >= 4 is 46.1 Å². The van der Waals surface area contributed by atoms with E-state index in [-0.39, 0.29) is 12.1 Å². The van der Waals surface area contributed by atoms with E-state index in [0.717, 1.165) is 0 Å². The van der Waals surface area contributed by atoms with Gasteiger partial charge in [0.15, 0.2) is 0 Å². The highest BCUT2D eigenvalue weighted by Crippen LogP contribution is 2.27. The Morgan fingerprint density at radius 1 is 1.25 bits per heavy atom. The van der Waals surface area contributed by atoms with Crippen LogP contribution in [0.4, 0.5) is 5.69 Å². The van der Waals surface area contributed by atoms with Crippen LogP contribution < -0.4 is 4.90 Å². The molecule has 3 aromatic rings. The number of aliphatic carboxylic acids is 1. The van der Waals surface area contributed by atoms with Gasteiger partial charge in [0, 0.05) is 34.9 Å². The molecular weight excluding hydrogens is 378 g/mol. The maximum absolute atomic E-state index is 12.8. The third-order valence-electron chi connectivity index (χ3n) is 4.28. The molecule has 0 aliphatic rings. The Bertz CT molecular complexity index is 1130. The number of amides is 1. The van der Waals surface area contributed by atoms with Gasteiger partial charge in [0.1, 0.15) is 18.2 Å². The lowest BCUT2D eigenvalue weighted by Crippen LogP contribution is -2.27. The molecular formula is C21H16ClN3O3. The van der Waals surface area contributed by atoms with E-state index >= 15 is 0 Å². The maximum atomic E-state index is 12.8. The van der Waals surface area contributed by atoms with Crippen LogP contribution in [0.15, 0.2) is 60.3 Å². The molecule has 1 heterocycles. The zero-order chi connectivity index (χ0) is 20.3. The SMILES string of the molecule is CN(C(=O)/C(C#N)=C/c1cn(CC(=O)O)c2cc(Cl)ccc12)c1ccccc1. The Kier molecular flexibility index (Phi) is 5.48. The Hall–Kier alpha value is -3.56. The molecule has 140 valence electrons. The summed E-state index contributed by atoms with van der Waals surface area (Å²) >= 11 is 6.04. The Morgan fingerprint density at radius 2 is 1.96 bits per heavy atom. The minimum atomic E-state index is -1.01. The molecule has 28 heavy (non-hydrogen) atoms. The molecule has 1 aromatic heterocycles. The highest BCUT2D eigenvalue weighted by Gasteiger charge is 2.18.